The van der Waals surface area contributed by atoms with Crippen molar-refractivity contribution >= 4 is 12.3 Å². The van der Waals surface area contributed by atoms with Crippen molar-refractivity contribution in [3.8, 4) is 23.5 Å². The smallest absolute Gasteiger partial charge is 0.428 e. The Morgan fingerprint density at radius 3 is 2.33 bits per heavy atom. The van der Waals surface area contributed by atoms with E-state index >= 15 is 0 Å². The fraction of sp³-hybridized carbons (Fsp3) is 0.333. The molecule has 144 valence electrons. The molecular formula is C18H22N4O5. The summed E-state index contributed by atoms with van der Waals surface area (Å²) in [7, 11) is 2.96. The molecule has 0 atom stereocenters. The molecule has 1 aromatic carbocycles. The van der Waals surface area contributed by atoms with Crippen LogP contribution in [-0.2, 0) is 4.74 Å². The van der Waals surface area contributed by atoms with E-state index in [0.717, 1.165) is 0 Å². The van der Waals surface area contributed by atoms with Crippen LogP contribution in [0.25, 0.3) is 0 Å². The number of nitrogens with one attached hydrogen (secondary N) is 1. The van der Waals surface area contributed by atoms with Crippen molar-refractivity contribution in [3.63, 3.8) is 0 Å². The normalized spacial score (nSPS) is 11.1. The number of para-hydroxylation sites is 1. The molecule has 0 unspecified atom stereocenters. The van der Waals surface area contributed by atoms with Gasteiger partial charge in [0.1, 0.15) is 11.4 Å². The zero-order valence-corrected chi connectivity index (χ0v) is 15.8. The third-order valence-corrected chi connectivity index (χ3v) is 2.96. The molecule has 9 nitrogen and oxygen atoms in total. The number of rotatable bonds is 6. The number of carbonyl (C=O) groups excluding carboxylic acids is 1. The Hall–Kier alpha value is -3.36. The molecule has 0 radical (unpaired) electrons. The summed E-state index contributed by atoms with van der Waals surface area (Å²) in [6.07, 6.45) is 0.773. The van der Waals surface area contributed by atoms with Gasteiger partial charge < -0.3 is 18.9 Å². The average Bonchev–Trinajstić information content (AvgIpc) is 2.61. The summed E-state index contributed by atoms with van der Waals surface area (Å²) in [6.45, 7) is 5.30. The molecule has 1 N–H and O–H groups in total. The van der Waals surface area contributed by atoms with Crippen LogP contribution in [0.4, 0.5) is 4.79 Å². The molecule has 0 saturated heterocycles. The highest BCUT2D eigenvalue weighted by molar-refractivity contribution is 5.84. The van der Waals surface area contributed by atoms with Crippen LogP contribution in [0.15, 0.2) is 35.4 Å². The average molecular weight is 374 g/mol. The van der Waals surface area contributed by atoms with E-state index in [9.17, 15) is 4.79 Å². The number of hydrogen-bond acceptors (Lipinski definition) is 8. The summed E-state index contributed by atoms with van der Waals surface area (Å²) in [5, 5.41) is 3.88. The van der Waals surface area contributed by atoms with E-state index in [1.54, 1.807) is 45.0 Å². The molecule has 0 aliphatic rings. The van der Waals surface area contributed by atoms with E-state index in [1.165, 1.54) is 26.5 Å². The Labute approximate surface area is 157 Å². The fourth-order valence-electron chi connectivity index (χ4n) is 1.87. The second-order valence-electron chi connectivity index (χ2n) is 6.25. The number of methoxy groups -OCH3 is 2. The Bertz CT molecular complexity index is 795. The van der Waals surface area contributed by atoms with Crippen molar-refractivity contribution in [2.45, 2.75) is 26.4 Å². The number of ether oxygens (including phenoxy) is 4. The number of nitrogens with zero attached hydrogens (tertiary/aromatic N) is 3. The molecule has 27 heavy (non-hydrogen) atoms. The summed E-state index contributed by atoms with van der Waals surface area (Å²) in [6, 6.07) is 8.63. The van der Waals surface area contributed by atoms with Crippen LogP contribution in [0.5, 0.6) is 23.5 Å². The zero-order chi connectivity index (χ0) is 19.9. The maximum atomic E-state index is 11.6. The Morgan fingerprint density at radius 2 is 1.74 bits per heavy atom. The molecule has 1 heterocycles. The SMILES string of the molecule is COc1cc(OC)nc(Oc2ccccc2/C=N/NC(=O)OC(C)(C)C)n1. The summed E-state index contributed by atoms with van der Waals surface area (Å²) < 4.78 is 21.0. The molecular weight excluding hydrogens is 352 g/mol. The van der Waals surface area contributed by atoms with E-state index in [-0.39, 0.29) is 6.01 Å². The van der Waals surface area contributed by atoms with Crippen LogP contribution in [0, 0.1) is 0 Å². The third kappa shape index (κ3) is 6.46. The lowest BCUT2D eigenvalue weighted by Crippen LogP contribution is -2.29. The monoisotopic (exact) mass is 374 g/mol. The molecule has 1 aromatic heterocycles. The van der Waals surface area contributed by atoms with Crippen molar-refractivity contribution in [1.82, 2.24) is 15.4 Å². The van der Waals surface area contributed by atoms with Crippen LogP contribution in [0.1, 0.15) is 26.3 Å². The van der Waals surface area contributed by atoms with Gasteiger partial charge in [-0.1, -0.05) is 12.1 Å². The molecule has 0 fully saturated rings. The van der Waals surface area contributed by atoms with Gasteiger partial charge in [0.05, 0.1) is 26.5 Å². The van der Waals surface area contributed by atoms with Gasteiger partial charge in [0.2, 0.25) is 11.8 Å². The zero-order valence-electron chi connectivity index (χ0n) is 15.8. The van der Waals surface area contributed by atoms with E-state index in [0.29, 0.717) is 23.1 Å². The van der Waals surface area contributed by atoms with Crippen LogP contribution in [-0.4, -0.2) is 42.1 Å². The van der Waals surface area contributed by atoms with Gasteiger partial charge in [-0.25, -0.2) is 10.2 Å². The van der Waals surface area contributed by atoms with Gasteiger partial charge in [-0.2, -0.15) is 15.1 Å². The first-order valence-electron chi connectivity index (χ1n) is 8.06. The second-order valence-corrected chi connectivity index (χ2v) is 6.25. The predicted octanol–water partition coefficient (Wildman–Crippen LogP) is 3.14. The highest BCUT2D eigenvalue weighted by Gasteiger charge is 2.15. The maximum absolute atomic E-state index is 11.6. The van der Waals surface area contributed by atoms with E-state index in [2.05, 4.69) is 20.5 Å². The van der Waals surface area contributed by atoms with Crippen molar-refractivity contribution in [2.24, 2.45) is 5.10 Å². The van der Waals surface area contributed by atoms with Crippen molar-refractivity contribution in [2.75, 3.05) is 14.2 Å². The molecule has 2 rings (SSSR count). The summed E-state index contributed by atoms with van der Waals surface area (Å²) in [5.41, 5.74) is 2.29. The van der Waals surface area contributed by atoms with Crippen LogP contribution in [0.2, 0.25) is 0 Å². The van der Waals surface area contributed by atoms with Crippen molar-refractivity contribution in [1.29, 1.82) is 0 Å². The van der Waals surface area contributed by atoms with Crippen LogP contribution < -0.4 is 19.6 Å². The predicted molar refractivity (Wildman–Crippen MR) is 98.6 cm³/mol. The number of benzene rings is 1. The summed E-state index contributed by atoms with van der Waals surface area (Å²) in [5.74, 6) is 1.03. The maximum Gasteiger partial charge on any atom is 0.428 e. The molecule has 2 aromatic rings. The van der Waals surface area contributed by atoms with E-state index < -0.39 is 11.7 Å². The van der Waals surface area contributed by atoms with Gasteiger partial charge >= 0.3 is 12.1 Å². The van der Waals surface area contributed by atoms with Gasteiger partial charge in [0.15, 0.2) is 0 Å². The molecule has 9 heteroatoms. The topological polar surface area (TPSA) is 104 Å². The Kier molecular flexibility index (Phi) is 6.53. The standard InChI is InChI=1S/C18H22N4O5/c1-18(2,3)27-17(23)22-19-11-12-8-6-7-9-13(12)26-16-20-14(24-4)10-15(21-16)25-5/h6-11H,1-5H3,(H,22,23)/b19-11+. The lowest BCUT2D eigenvalue weighted by atomic mass is 10.2. The van der Waals surface area contributed by atoms with Gasteiger partial charge in [-0.3, -0.25) is 0 Å². The van der Waals surface area contributed by atoms with Crippen LogP contribution >= 0.6 is 0 Å². The number of amides is 1. The first-order chi connectivity index (χ1) is 12.8. The highest BCUT2D eigenvalue weighted by atomic mass is 16.6. The van der Waals surface area contributed by atoms with Crippen LogP contribution in [0.3, 0.4) is 0 Å². The Balaban J connectivity index is 2.14. The molecule has 0 aliphatic carbocycles. The minimum atomic E-state index is -0.655. The largest absolute Gasteiger partial charge is 0.481 e. The number of hydrazone groups is 1. The second kappa shape index (κ2) is 8.84. The molecule has 0 bridgehead atoms. The van der Waals surface area contributed by atoms with Gasteiger partial charge in [-0.05, 0) is 32.9 Å². The molecule has 0 spiro atoms. The lowest BCUT2D eigenvalue weighted by Gasteiger charge is -2.18. The molecule has 1 amide bonds. The van der Waals surface area contributed by atoms with E-state index in [1.807, 2.05) is 0 Å². The molecule has 0 saturated carbocycles. The quantitative estimate of drug-likeness (QED) is 0.612. The minimum Gasteiger partial charge on any atom is -0.481 e. The van der Waals surface area contributed by atoms with Gasteiger partial charge in [0, 0.05) is 5.56 Å². The summed E-state index contributed by atoms with van der Waals surface area (Å²) in [4.78, 5) is 19.9. The minimum absolute atomic E-state index is 0.0483. The van der Waals surface area contributed by atoms with Gasteiger partial charge in [-0.15, -0.1) is 0 Å². The number of aromatic nitrogens is 2. The van der Waals surface area contributed by atoms with Crippen molar-refractivity contribution in [3.05, 3.63) is 35.9 Å². The number of carbonyl (C=O) groups is 1. The van der Waals surface area contributed by atoms with E-state index in [4.69, 9.17) is 18.9 Å². The highest BCUT2D eigenvalue weighted by Crippen LogP contribution is 2.25. The van der Waals surface area contributed by atoms with Gasteiger partial charge in [0.25, 0.3) is 0 Å². The third-order valence-electron chi connectivity index (χ3n) is 2.96. The number of hydrogen-bond donors (Lipinski definition) is 1. The first-order valence-corrected chi connectivity index (χ1v) is 8.06. The Morgan fingerprint density at radius 1 is 1.11 bits per heavy atom. The lowest BCUT2D eigenvalue weighted by molar-refractivity contribution is 0.0529. The summed E-state index contributed by atoms with van der Waals surface area (Å²) >= 11 is 0. The fourth-order valence-corrected chi connectivity index (χ4v) is 1.87. The van der Waals surface area contributed by atoms with Crippen molar-refractivity contribution < 1.29 is 23.7 Å². The first kappa shape index (κ1) is 20.0. The molecule has 0 aliphatic heterocycles.